The number of imidazole rings is 1. The molecule has 0 aliphatic rings. The van der Waals surface area contributed by atoms with Gasteiger partial charge in [0.25, 0.3) is 0 Å². The maximum absolute atomic E-state index is 11.5. The van der Waals surface area contributed by atoms with Crippen LogP contribution in [0, 0.1) is 0 Å². The van der Waals surface area contributed by atoms with Crippen molar-refractivity contribution in [3.8, 4) is 5.75 Å². The molecule has 1 atom stereocenters. The van der Waals surface area contributed by atoms with Crippen molar-refractivity contribution in [3.63, 3.8) is 0 Å². The van der Waals surface area contributed by atoms with Crippen molar-refractivity contribution in [2.75, 3.05) is 7.11 Å². The van der Waals surface area contributed by atoms with Gasteiger partial charge >= 0.3 is 5.97 Å². The van der Waals surface area contributed by atoms with Gasteiger partial charge in [-0.1, -0.05) is 0 Å². The molecular weight excluding hydrogens is 222 g/mol. The number of hydrogen-bond donors (Lipinski definition) is 2. The lowest BCUT2D eigenvalue weighted by Crippen LogP contribution is -2.09. The molecule has 1 unspecified atom stereocenters. The molecule has 0 saturated carbocycles. The van der Waals surface area contributed by atoms with Gasteiger partial charge in [-0.15, -0.1) is 0 Å². The van der Waals surface area contributed by atoms with Crippen LogP contribution < -0.4 is 5.73 Å². The number of aromatic nitrogens is 2. The Labute approximate surface area is 97.6 Å². The molecule has 0 bridgehead atoms. The fourth-order valence-corrected chi connectivity index (χ4v) is 1.67. The molecule has 2 aromatic heterocycles. The van der Waals surface area contributed by atoms with Crippen molar-refractivity contribution in [2.24, 2.45) is 5.73 Å². The summed E-state index contributed by atoms with van der Waals surface area (Å²) in [6.45, 7) is 1.75. The third-order valence-electron chi connectivity index (χ3n) is 2.43. The third-order valence-corrected chi connectivity index (χ3v) is 2.43. The molecule has 3 N–H and O–H groups in total. The number of aromatic hydroxyl groups is 1. The van der Waals surface area contributed by atoms with Crippen LogP contribution in [0.2, 0.25) is 0 Å². The Balaban J connectivity index is 2.75. The second kappa shape index (κ2) is 4.06. The normalized spacial score (nSPS) is 12.6. The second-order valence-corrected chi connectivity index (χ2v) is 3.74. The molecule has 0 aliphatic heterocycles. The van der Waals surface area contributed by atoms with E-state index in [1.165, 1.54) is 19.4 Å². The van der Waals surface area contributed by atoms with Gasteiger partial charge in [-0.2, -0.15) is 0 Å². The molecule has 0 spiro atoms. The number of pyridine rings is 1. The maximum Gasteiger partial charge on any atom is 0.358 e. The Morgan fingerprint density at radius 2 is 2.29 bits per heavy atom. The van der Waals surface area contributed by atoms with Gasteiger partial charge in [0.15, 0.2) is 5.69 Å². The zero-order chi connectivity index (χ0) is 12.6. The molecule has 2 heterocycles. The number of carbonyl (C=O) groups excluding carboxylic acids is 1. The molecule has 2 rings (SSSR count). The first kappa shape index (κ1) is 11.4. The molecule has 0 saturated heterocycles. The Bertz CT molecular complexity index is 575. The average molecular weight is 235 g/mol. The summed E-state index contributed by atoms with van der Waals surface area (Å²) < 4.78 is 6.24. The van der Waals surface area contributed by atoms with Crippen LogP contribution in [0.1, 0.15) is 29.3 Å². The lowest BCUT2D eigenvalue weighted by molar-refractivity contribution is 0.0596. The summed E-state index contributed by atoms with van der Waals surface area (Å²) in [6, 6.07) is 2.72. The van der Waals surface area contributed by atoms with Crippen molar-refractivity contribution < 1.29 is 14.6 Å². The van der Waals surface area contributed by atoms with E-state index in [-0.39, 0.29) is 17.5 Å². The van der Waals surface area contributed by atoms with E-state index in [9.17, 15) is 9.90 Å². The Kier molecular flexibility index (Phi) is 2.72. The van der Waals surface area contributed by atoms with Gasteiger partial charge in [-0.05, 0) is 19.1 Å². The molecule has 0 radical (unpaired) electrons. The number of carbonyl (C=O) groups is 1. The summed E-state index contributed by atoms with van der Waals surface area (Å²) in [5.41, 5.74) is 6.52. The van der Waals surface area contributed by atoms with E-state index >= 15 is 0 Å². The van der Waals surface area contributed by atoms with Crippen molar-refractivity contribution in [2.45, 2.75) is 13.0 Å². The highest BCUT2D eigenvalue weighted by molar-refractivity contribution is 5.95. The van der Waals surface area contributed by atoms with Crippen LogP contribution in [0.25, 0.3) is 5.52 Å². The minimum atomic E-state index is -0.528. The van der Waals surface area contributed by atoms with Gasteiger partial charge in [0.1, 0.15) is 11.6 Å². The van der Waals surface area contributed by atoms with E-state index in [2.05, 4.69) is 9.72 Å². The van der Waals surface area contributed by atoms with Gasteiger partial charge in [0, 0.05) is 0 Å². The van der Waals surface area contributed by atoms with E-state index in [4.69, 9.17) is 5.73 Å². The molecular formula is C11H13N3O3. The maximum atomic E-state index is 11.5. The van der Waals surface area contributed by atoms with Crippen LogP contribution in [0.15, 0.2) is 18.3 Å². The first-order chi connectivity index (χ1) is 8.04. The minimum absolute atomic E-state index is 0.0771. The van der Waals surface area contributed by atoms with Crippen LogP contribution in [0.3, 0.4) is 0 Å². The summed E-state index contributed by atoms with van der Waals surface area (Å²) in [5.74, 6) is 0.0459. The summed E-state index contributed by atoms with van der Waals surface area (Å²) in [5, 5.41) is 9.44. The van der Waals surface area contributed by atoms with Crippen LogP contribution in [-0.2, 0) is 4.74 Å². The van der Waals surface area contributed by atoms with E-state index in [0.717, 1.165) is 0 Å². The molecule has 0 aromatic carbocycles. The molecule has 90 valence electrons. The topological polar surface area (TPSA) is 89.8 Å². The predicted octanol–water partition coefficient (Wildman–Crippen LogP) is 0.846. The smallest absolute Gasteiger partial charge is 0.358 e. The number of nitrogens with two attached hydrogens (primary N) is 1. The van der Waals surface area contributed by atoms with Gasteiger partial charge in [0.2, 0.25) is 0 Å². The Morgan fingerprint density at radius 3 is 2.88 bits per heavy atom. The number of esters is 1. The number of fused-ring (bicyclic) bond motifs is 1. The fraction of sp³-hybridized carbons (Fsp3) is 0.273. The quantitative estimate of drug-likeness (QED) is 0.753. The van der Waals surface area contributed by atoms with Gasteiger partial charge in [-0.25, -0.2) is 9.78 Å². The highest BCUT2D eigenvalue weighted by atomic mass is 16.5. The predicted molar refractivity (Wildman–Crippen MR) is 60.8 cm³/mol. The Hall–Kier alpha value is -2.08. The summed E-state index contributed by atoms with van der Waals surface area (Å²) in [7, 11) is 1.29. The highest BCUT2D eigenvalue weighted by Gasteiger charge is 2.19. The number of nitrogens with zero attached hydrogens (tertiary/aromatic N) is 2. The van der Waals surface area contributed by atoms with Crippen molar-refractivity contribution in [1.29, 1.82) is 0 Å². The summed E-state index contributed by atoms with van der Waals surface area (Å²) in [4.78, 5) is 15.7. The van der Waals surface area contributed by atoms with E-state index in [1.54, 1.807) is 17.4 Å². The van der Waals surface area contributed by atoms with Gasteiger partial charge in [0.05, 0.1) is 24.9 Å². The zero-order valence-electron chi connectivity index (χ0n) is 9.54. The first-order valence-corrected chi connectivity index (χ1v) is 5.09. The van der Waals surface area contributed by atoms with E-state index < -0.39 is 5.97 Å². The van der Waals surface area contributed by atoms with Crippen molar-refractivity contribution in [1.82, 2.24) is 9.38 Å². The minimum Gasteiger partial charge on any atom is -0.506 e. The molecule has 6 heteroatoms. The number of hydrogen-bond acceptors (Lipinski definition) is 5. The molecule has 6 nitrogen and oxygen atoms in total. The Morgan fingerprint density at radius 1 is 1.59 bits per heavy atom. The standard InChI is InChI=1S/C11H13N3O3/c1-6(12)10-13-9(11(16)17-2)8-4-3-7(15)5-14(8)10/h3-6,15H,12H2,1-2H3. The molecule has 0 aliphatic carbocycles. The van der Waals surface area contributed by atoms with Crippen molar-refractivity contribution >= 4 is 11.5 Å². The molecule has 17 heavy (non-hydrogen) atoms. The summed E-state index contributed by atoms with van der Waals surface area (Å²) in [6.07, 6.45) is 1.47. The molecule has 2 aromatic rings. The van der Waals surface area contributed by atoms with Crippen molar-refractivity contribution in [3.05, 3.63) is 29.8 Å². The lowest BCUT2D eigenvalue weighted by atomic mass is 10.3. The van der Waals surface area contributed by atoms with E-state index in [0.29, 0.717) is 11.3 Å². The molecule has 0 fully saturated rings. The molecule has 0 amide bonds. The number of methoxy groups -OCH3 is 1. The fourth-order valence-electron chi connectivity index (χ4n) is 1.67. The van der Waals surface area contributed by atoms with Crippen LogP contribution in [0.4, 0.5) is 0 Å². The third kappa shape index (κ3) is 1.83. The second-order valence-electron chi connectivity index (χ2n) is 3.74. The van der Waals surface area contributed by atoms with Crippen LogP contribution in [-0.4, -0.2) is 27.6 Å². The van der Waals surface area contributed by atoms with Crippen LogP contribution >= 0.6 is 0 Å². The number of ether oxygens (including phenoxy) is 1. The van der Waals surface area contributed by atoms with Gasteiger partial charge in [-0.3, -0.25) is 4.40 Å². The monoisotopic (exact) mass is 235 g/mol. The first-order valence-electron chi connectivity index (χ1n) is 5.09. The lowest BCUT2D eigenvalue weighted by Gasteiger charge is -2.03. The van der Waals surface area contributed by atoms with Gasteiger partial charge < -0.3 is 15.6 Å². The van der Waals surface area contributed by atoms with Crippen LogP contribution in [0.5, 0.6) is 5.75 Å². The van der Waals surface area contributed by atoms with E-state index in [1.807, 2.05) is 0 Å². The average Bonchev–Trinajstić information content (AvgIpc) is 2.66. The number of rotatable bonds is 2. The summed E-state index contributed by atoms with van der Waals surface area (Å²) >= 11 is 0. The highest BCUT2D eigenvalue weighted by Crippen LogP contribution is 2.21. The zero-order valence-corrected chi connectivity index (χ0v) is 9.54. The SMILES string of the molecule is COC(=O)c1nc(C(C)N)n2cc(O)ccc12. The largest absolute Gasteiger partial charge is 0.506 e.